The van der Waals surface area contributed by atoms with Crippen molar-refractivity contribution in [2.24, 2.45) is 11.1 Å². The van der Waals surface area contributed by atoms with Gasteiger partial charge in [0.05, 0.1) is 0 Å². The second kappa shape index (κ2) is 6.10. The van der Waals surface area contributed by atoms with Crippen LogP contribution in [0.4, 0.5) is 4.39 Å². The van der Waals surface area contributed by atoms with Crippen LogP contribution in [-0.2, 0) is 10.0 Å². The lowest BCUT2D eigenvalue weighted by molar-refractivity contribution is 0.0873. The molecule has 0 radical (unpaired) electrons. The number of ether oxygens (including phenoxy) is 1. The standard InChI is InChI=1S/C14H20FNO3S/c1-2-10-5-3-4-6-12(10)19-13-8-7-11(15)9-14(13)20(16,17)18/h7-10,12H,2-6H2,1H3,(H2,16,17,18). The third-order valence-corrected chi connectivity index (χ3v) is 4.79. The molecule has 0 aliphatic heterocycles. The number of halogens is 1. The number of benzene rings is 1. The molecule has 1 aromatic carbocycles. The lowest BCUT2D eigenvalue weighted by Gasteiger charge is -2.31. The third-order valence-electron chi connectivity index (χ3n) is 3.85. The predicted molar refractivity (Wildman–Crippen MR) is 74.4 cm³/mol. The minimum atomic E-state index is -4.00. The summed E-state index contributed by atoms with van der Waals surface area (Å²) < 4.78 is 42.1. The van der Waals surface area contributed by atoms with Gasteiger partial charge in [0.25, 0.3) is 0 Å². The summed E-state index contributed by atoms with van der Waals surface area (Å²) >= 11 is 0. The molecule has 1 aromatic rings. The second-order valence-corrected chi connectivity index (χ2v) is 6.77. The summed E-state index contributed by atoms with van der Waals surface area (Å²) in [5, 5.41) is 5.12. The van der Waals surface area contributed by atoms with Crippen LogP contribution in [0.15, 0.2) is 23.1 Å². The van der Waals surface area contributed by atoms with Gasteiger partial charge in [0.1, 0.15) is 22.6 Å². The molecule has 0 aromatic heterocycles. The molecule has 20 heavy (non-hydrogen) atoms. The summed E-state index contributed by atoms with van der Waals surface area (Å²) in [5.74, 6) is -0.0848. The van der Waals surface area contributed by atoms with Crippen LogP contribution in [0.2, 0.25) is 0 Å². The predicted octanol–water partition coefficient (Wildman–Crippen LogP) is 2.82. The molecule has 0 spiro atoms. The smallest absolute Gasteiger partial charge is 0.241 e. The van der Waals surface area contributed by atoms with Gasteiger partial charge >= 0.3 is 0 Å². The van der Waals surface area contributed by atoms with E-state index in [4.69, 9.17) is 9.88 Å². The van der Waals surface area contributed by atoms with Crippen molar-refractivity contribution in [2.75, 3.05) is 0 Å². The second-order valence-electron chi connectivity index (χ2n) is 5.25. The van der Waals surface area contributed by atoms with Gasteiger partial charge in [-0.3, -0.25) is 0 Å². The highest BCUT2D eigenvalue weighted by molar-refractivity contribution is 7.89. The molecule has 112 valence electrons. The Hall–Kier alpha value is -1.14. The monoisotopic (exact) mass is 301 g/mol. The van der Waals surface area contributed by atoms with Crippen molar-refractivity contribution in [3.8, 4) is 5.75 Å². The lowest BCUT2D eigenvalue weighted by Crippen LogP contribution is -2.30. The van der Waals surface area contributed by atoms with Gasteiger partial charge in [-0.2, -0.15) is 0 Å². The van der Waals surface area contributed by atoms with Crippen molar-refractivity contribution in [1.29, 1.82) is 0 Å². The lowest BCUT2D eigenvalue weighted by atomic mass is 9.85. The minimum absolute atomic E-state index is 0.0280. The van der Waals surface area contributed by atoms with Crippen LogP contribution in [0.5, 0.6) is 5.75 Å². The number of hydrogen-bond donors (Lipinski definition) is 1. The molecule has 2 rings (SSSR count). The molecule has 0 saturated heterocycles. The number of nitrogens with two attached hydrogens (primary N) is 1. The first-order chi connectivity index (χ1) is 9.41. The number of hydrogen-bond acceptors (Lipinski definition) is 3. The summed E-state index contributed by atoms with van der Waals surface area (Å²) in [5.41, 5.74) is 0. The maximum absolute atomic E-state index is 13.2. The van der Waals surface area contributed by atoms with Gasteiger partial charge in [0.15, 0.2) is 0 Å². The number of primary sulfonamides is 1. The van der Waals surface area contributed by atoms with Gasteiger partial charge in [-0.15, -0.1) is 0 Å². The summed E-state index contributed by atoms with van der Waals surface area (Å²) in [6.45, 7) is 2.09. The first-order valence-corrected chi connectivity index (χ1v) is 8.45. The Morgan fingerprint density at radius 3 is 2.70 bits per heavy atom. The molecule has 1 saturated carbocycles. The van der Waals surface area contributed by atoms with Crippen LogP contribution in [0, 0.1) is 11.7 Å². The Morgan fingerprint density at radius 1 is 1.35 bits per heavy atom. The van der Waals surface area contributed by atoms with Crippen LogP contribution in [-0.4, -0.2) is 14.5 Å². The van der Waals surface area contributed by atoms with E-state index in [0.717, 1.165) is 31.7 Å². The third kappa shape index (κ3) is 3.49. The minimum Gasteiger partial charge on any atom is -0.489 e. The van der Waals surface area contributed by atoms with Gasteiger partial charge in [0.2, 0.25) is 10.0 Å². The van der Waals surface area contributed by atoms with Crippen molar-refractivity contribution in [1.82, 2.24) is 0 Å². The molecule has 6 heteroatoms. The summed E-state index contributed by atoms with van der Waals surface area (Å²) in [4.78, 5) is -0.280. The fraction of sp³-hybridized carbons (Fsp3) is 0.571. The van der Waals surface area contributed by atoms with E-state index >= 15 is 0 Å². The van der Waals surface area contributed by atoms with Crippen LogP contribution in [0.25, 0.3) is 0 Å². The summed E-state index contributed by atoms with van der Waals surface area (Å²) in [6.07, 6.45) is 5.15. The Kier molecular flexibility index (Phi) is 4.65. The highest BCUT2D eigenvalue weighted by Crippen LogP contribution is 2.33. The van der Waals surface area contributed by atoms with Crippen LogP contribution in [0.1, 0.15) is 39.0 Å². The largest absolute Gasteiger partial charge is 0.489 e. The molecule has 0 amide bonds. The highest BCUT2D eigenvalue weighted by atomic mass is 32.2. The van der Waals surface area contributed by atoms with E-state index in [0.29, 0.717) is 5.92 Å². The van der Waals surface area contributed by atoms with Crippen molar-refractivity contribution in [2.45, 2.75) is 50.0 Å². The molecular formula is C14H20FNO3S. The molecule has 0 bridgehead atoms. The van der Waals surface area contributed by atoms with Crippen molar-refractivity contribution in [3.63, 3.8) is 0 Å². The van der Waals surface area contributed by atoms with Gasteiger partial charge in [-0.25, -0.2) is 17.9 Å². The summed E-state index contributed by atoms with van der Waals surface area (Å²) in [7, 11) is -4.00. The van der Waals surface area contributed by atoms with Crippen LogP contribution < -0.4 is 9.88 Å². The number of rotatable bonds is 4. The maximum atomic E-state index is 13.2. The molecule has 1 aliphatic carbocycles. The zero-order valence-electron chi connectivity index (χ0n) is 11.5. The van der Waals surface area contributed by atoms with Crippen LogP contribution in [0.3, 0.4) is 0 Å². The fourth-order valence-corrected chi connectivity index (χ4v) is 3.43. The molecule has 0 heterocycles. The summed E-state index contributed by atoms with van der Waals surface area (Å²) in [6, 6.07) is 3.44. The van der Waals surface area contributed by atoms with E-state index in [2.05, 4.69) is 6.92 Å². The van der Waals surface area contributed by atoms with Crippen molar-refractivity contribution < 1.29 is 17.5 Å². The Balaban J connectivity index is 2.29. The zero-order valence-corrected chi connectivity index (χ0v) is 12.3. The average molecular weight is 301 g/mol. The molecule has 1 fully saturated rings. The molecule has 1 aliphatic rings. The van der Waals surface area contributed by atoms with Gasteiger partial charge < -0.3 is 4.74 Å². The van der Waals surface area contributed by atoms with E-state index in [1.54, 1.807) is 0 Å². The highest BCUT2D eigenvalue weighted by Gasteiger charge is 2.27. The van der Waals surface area contributed by atoms with Crippen molar-refractivity contribution in [3.05, 3.63) is 24.0 Å². The van der Waals surface area contributed by atoms with Gasteiger partial charge in [-0.1, -0.05) is 13.3 Å². The molecule has 4 nitrogen and oxygen atoms in total. The van der Waals surface area contributed by atoms with E-state index in [9.17, 15) is 12.8 Å². The van der Waals surface area contributed by atoms with Gasteiger partial charge in [-0.05, 0) is 49.8 Å². The quantitative estimate of drug-likeness (QED) is 0.929. The van der Waals surface area contributed by atoms with E-state index < -0.39 is 15.8 Å². The first kappa shape index (κ1) is 15.3. The SMILES string of the molecule is CCC1CCCCC1Oc1ccc(F)cc1S(N)(=O)=O. The molecule has 2 atom stereocenters. The first-order valence-electron chi connectivity index (χ1n) is 6.91. The molecular weight excluding hydrogens is 281 g/mol. The topological polar surface area (TPSA) is 69.4 Å². The average Bonchev–Trinajstić information content (AvgIpc) is 2.40. The Bertz CT molecular complexity index is 574. The Labute approximate surface area is 119 Å². The van der Waals surface area contributed by atoms with E-state index in [1.165, 1.54) is 18.6 Å². The zero-order chi connectivity index (χ0) is 14.8. The van der Waals surface area contributed by atoms with Crippen molar-refractivity contribution >= 4 is 10.0 Å². The molecule has 2 unspecified atom stereocenters. The molecule has 2 N–H and O–H groups in total. The van der Waals surface area contributed by atoms with E-state index in [-0.39, 0.29) is 16.7 Å². The maximum Gasteiger partial charge on any atom is 0.241 e. The normalized spacial score (nSPS) is 23.6. The van der Waals surface area contributed by atoms with Gasteiger partial charge in [0, 0.05) is 0 Å². The van der Waals surface area contributed by atoms with E-state index in [1.807, 2.05) is 0 Å². The Morgan fingerprint density at radius 2 is 2.05 bits per heavy atom. The number of sulfonamides is 1. The fourth-order valence-electron chi connectivity index (χ4n) is 2.76. The van der Waals surface area contributed by atoms with Crippen LogP contribution >= 0.6 is 0 Å².